The molecule has 0 amide bonds. The van der Waals surface area contributed by atoms with E-state index in [-0.39, 0.29) is 17.7 Å². The lowest BCUT2D eigenvalue weighted by atomic mass is 10.3. The molecule has 128 valence electrons. The highest BCUT2D eigenvalue weighted by Gasteiger charge is 2.08. The molecular formula is C18H17N3O4. The second-order valence-corrected chi connectivity index (χ2v) is 4.97. The van der Waals surface area contributed by atoms with E-state index in [0.717, 1.165) is 11.5 Å². The first-order valence-electron chi connectivity index (χ1n) is 7.44. The number of hydrogen-bond donors (Lipinski definition) is 1. The van der Waals surface area contributed by atoms with Gasteiger partial charge in [0.2, 0.25) is 5.88 Å². The third-order valence-corrected chi connectivity index (χ3v) is 3.25. The van der Waals surface area contributed by atoms with E-state index in [4.69, 9.17) is 24.7 Å². The third kappa shape index (κ3) is 4.29. The van der Waals surface area contributed by atoms with Crippen molar-refractivity contribution in [2.24, 2.45) is 0 Å². The van der Waals surface area contributed by atoms with Crippen molar-refractivity contribution in [1.82, 2.24) is 9.97 Å². The molecule has 0 spiro atoms. The number of benzene rings is 2. The van der Waals surface area contributed by atoms with Crippen molar-refractivity contribution >= 4 is 5.82 Å². The highest BCUT2D eigenvalue weighted by atomic mass is 16.5. The molecule has 0 aliphatic carbocycles. The Morgan fingerprint density at radius 1 is 0.680 bits per heavy atom. The van der Waals surface area contributed by atoms with Gasteiger partial charge in [0, 0.05) is 6.07 Å². The van der Waals surface area contributed by atoms with Crippen LogP contribution in [0.1, 0.15) is 0 Å². The van der Waals surface area contributed by atoms with Gasteiger partial charge in [-0.15, -0.1) is 0 Å². The van der Waals surface area contributed by atoms with Crippen LogP contribution in [0.4, 0.5) is 5.82 Å². The molecule has 7 nitrogen and oxygen atoms in total. The second kappa shape index (κ2) is 7.39. The normalized spacial score (nSPS) is 10.2. The number of ether oxygens (including phenoxy) is 4. The van der Waals surface area contributed by atoms with E-state index in [1.807, 2.05) is 0 Å². The molecule has 0 atom stereocenters. The van der Waals surface area contributed by atoms with Gasteiger partial charge in [0.1, 0.15) is 28.8 Å². The van der Waals surface area contributed by atoms with Gasteiger partial charge in [-0.1, -0.05) is 0 Å². The summed E-state index contributed by atoms with van der Waals surface area (Å²) in [7, 11) is 3.20. The maximum Gasteiger partial charge on any atom is 0.327 e. The minimum absolute atomic E-state index is 0.0914. The molecule has 25 heavy (non-hydrogen) atoms. The number of anilines is 1. The molecular weight excluding hydrogens is 322 g/mol. The average Bonchev–Trinajstić information content (AvgIpc) is 2.62. The van der Waals surface area contributed by atoms with E-state index in [0.29, 0.717) is 11.5 Å². The fraction of sp³-hybridized carbons (Fsp3) is 0.111. The van der Waals surface area contributed by atoms with E-state index in [2.05, 4.69) is 9.97 Å². The van der Waals surface area contributed by atoms with Gasteiger partial charge < -0.3 is 24.7 Å². The van der Waals surface area contributed by atoms with Gasteiger partial charge in [0.05, 0.1) is 14.2 Å². The summed E-state index contributed by atoms with van der Waals surface area (Å²) < 4.78 is 21.5. The summed E-state index contributed by atoms with van der Waals surface area (Å²) >= 11 is 0. The lowest BCUT2D eigenvalue weighted by molar-refractivity contribution is 0.402. The quantitative estimate of drug-likeness (QED) is 0.733. The van der Waals surface area contributed by atoms with Crippen LogP contribution in [-0.4, -0.2) is 24.2 Å². The lowest BCUT2D eigenvalue weighted by Crippen LogP contribution is -1.99. The molecule has 0 saturated heterocycles. The first-order chi connectivity index (χ1) is 12.2. The first-order valence-corrected chi connectivity index (χ1v) is 7.44. The Kier molecular flexibility index (Phi) is 4.84. The van der Waals surface area contributed by atoms with Crippen molar-refractivity contribution in [2.45, 2.75) is 0 Å². The Morgan fingerprint density at radius 3 is 1.68 bits per heavy atom. The van der Waals surface area contributed by atoms with E-state index < -0.39 is 0 Å². The number of rotatable bonds is 6. The third-order valence-electron chi connectivity index (χ3n) is 3.25. The largest absolute Gasteiger partial charge is 0.497 e. The molecule has 0 unspecified atom stereocenters. The predicted molar refractivity (Wildman–Crippen MR) is 92.6 cm³/mol. The predicted octanol–water partition coefficient (Wildman–Crippen LogP) is 3.66. The first kappa shape index (κ1) is 16.4. The Bertz CT molecular complexity index is 768. The van der Waals surface area contributed by atoms with Crippen LogP contribution in [0.15, 0.2) is 54.6 Å². The monoisotopic (exact) mass is 339 g/mol. The summed E-state index contributed by atoms with van der Waals surface area (Å²) in [5.74, 6) is 3.13. The smallest absolute Gasteiger partial charge is 0.327 e. The minimum Gasteiger partial charge on any atom is -0.497 e. The van der Waals surface area contributed by atoms with E-state index >= 15 is 0 Å². The Morgan fingerprint density at radius 2 is 1.16 bits per heavy atom. The number of aromatic nitrogens is 2. The Labute approximate surface area is 145 Å². The Balaban J connectivity index is 1.76. The van der Waals surface area contributed by atoms with Gasteiger partial charge in [-0.2, -0.15) is 9.97 Å². The lowest BCUT2D eigenvalue weighted by Gasteiger charge is -2.09. The van der Waals surface area contributed by atoms with Gasteiger partial charge >= 0.3 is 6.01 Å². The van der Waals surface area contributed by atoms with Crippen LogP contribution in [0.2, 0.25) is 0 Å². The molecule has 2 N–H and O–H groups in total. The molecule has 0 radical (unpaired) electrons. The summed E-state index contributed by atoms with van der Waals surface area (Å²) in [6.07, 6.45) is 0. The van der Waals surface area contributed by atoms with Crippen LogP contribution < -0.4 is 24.7 Å². The van der Waals surface area contributed by atoms with Crippen LogP contribution in [0, 0.1) is 0 Å². The van der Waals surface area contributed by atoms with Crippen molar-refractivity contribution in [3.63, 3.8) is 0 Å². The summed E-state index contributed by atoms with van der Waals surface area (Å²) in [6, 6.07) is 15.8. The topological polar surface area (TPSA) is 88.7 Å². The maximum absolute atomic E-state index is 5.81. The molecule has 0 bridgehead atoms. The molecule has 7 heteroatoms. The highest BCUT2D eigenvalue weighted by Crippen LogP contribution is 2.27. The zero-order valence-corrected chi connectivity index (χ0v) is 13.8. The molecule has 3 aromatic rings. The standard InChI is InChI=1S/C18H17N3O4/c1-22-12-3-7-14(8-4-12)24-17-11-16(19)20-18(21-17)25-15-9-5-13(23-2)6-10-15/h3-11H,1-2H3,(H2,19,20,21). The number of nitrogen functional groups attached to an aromatic ring is 1. The number of hydrogen-bond acceptors (Lipinski definition) is 7. The van der Waals surface area contributed by atoms with Crippen molar-refractivity contribution in [3.05, 3.63) is 54.6 Å². The zero-order chi connectivity index (χ0) is 17.6. The zero-order valence-electron chi connectivity index (χ0n) is 13.8. The summed E-state index contributed by atoms with van der Waals surface area (Å²) in [6.45, 7) is 0. The molecule has 0 aliphatic heterocycles. The van der Waals surface area contributed by atoms with Gasteiger partial charge in [-0.25, -0.2) is 0 Å². The molecule has 2 aromatic carbocycles. The van der Waals surface area contributed by atoms with Crippen LogP contribution in [0.3, 0.4) is 0 Å². The minimum atomic E-state index is 0.0914. The summed E-state index contributed by atoms with van der Waals surface area (Å²) in [4.78, 5) is 8.27. The number of nitrogens with two attached hydrogens (primary N) is 1. The van der Waals surface area contributed by atoms with Crippen LogP contribution in [0.25, 0.3) is 0 Å². The van der Waals surface area contributed by atoms with Gasteiger partial charge in [0.15, 0.2) is 0 Å². The number of methoxy groups -OCH3 is 2. The van der Waals surface area contributed by atoms with Crippen LogP contribution in [0.5, 0.6) is 34.9 Å². The van der Waals surface area contributed by atoms with E-state index in [1.165, 1.54) is 6.07 Å². The fourth-order valence-corrected chi connectivity index (χ4v) is 2.03. The fourth-order valence-electron chi connectivity index (χ4n) is 2.03. The van der Waals surface area contributed by atoms with Crippen molar-refractivity contribution < 1.29 is 18.9 Å². The van der Waals surface area contributed by atoms with Crippen molar-refractivity contribution in [1.29, 1.82) is 0 Å². The Hall–Kier alpha value is -3.48. The van der Waals surface area contributed by atoms with E-state index in [1.54, 1.807) is 62.8 Å². The van der Waals surface area contributed by atoms with Crippen LogP contribution >= 0.6 is 0 Å². The summed E-state index contributed by atoms with van der Waals surface area (Å²) in [5.41, 5.74) is 5.81. The van der Waals surface area contributed by atoms with Crippen molar-refractivity contribution in [2.75, 3.05) is 20.0 Å². The van der Waals surface area contributed by atoms with Gasteiger partial charge in [0.25, 0.3) is 0 Å². The molecule has 1 aromatic heterocycles. The van der Waals surface area contributed by atoms with Gasteiger partial charge in [-0.05, 0) is 48.5 Å². The SMILES string of the molecule is COc1ccc(Oc2cc(N)nc(Oc3ccc(OC)cc3)n2)cc1. The second-order valence-electron chi connectivity index (χ2n) is 4.97. The average molecular weight is 339 g/mol. The van der Waals surface area contributed by atoms with Crippen molar-refractivity contribution in [3.8, 4) is 34.9 Å². The molecule has 3 rings (SSSR count). The summed E-state index contributed by atoms with van der Waals surface area (Å²) in [5, 5.41) is 0. The number of nitrogens with zero attached hydrogens (tertiary/aromatic N) is 2. The molecule has 0 aliphatic rings. The highest BCUT2D eigenvalue weighted by molar-refractivity contribution is 5.39. The molecule has 0 fully saturated rings. The molecule has 1 heterocycles. The van der Waals surface area contributed by atoms with E-state index in [9.17, 15) is 0 Å². The maximum atomic E-state index is 5.81. The molecule has 0 saturated carbocycles. The van der Waals surface area contributed by atoms with Crippen LogP contribution in [-0.2, 0) is 0 Å². The van der Waals surface area contributed by atoms with Gasteiger partial charge in [-0.3, -0.25) is 0 Å².